The van der Waals surface area contributed by atoms with Gasteiger partial charge in [0.25, 0.3) is 0 Å². The van der Waals surface area contributed by atoms with Gasteiger partial charge in [0.15, 0.2) is 0 Å². The van der Waals surface area contributed by atoms with E-state index < -0.39 is 0 Å². The topological polar surface area (TPSA) is 50.4 Å². The van der Waals surface area contributed by atoms with Crippen LogP contribution < -0.4 is 10.6 Å². The summed E-state index contributed by atoms with van der Waals surface area (Å²) in [6.07, 6.45) is 2.57. The molecule has 0 saturated carbocycles. The van der Waals surface area contributed by atoms with Crippen LogP contribution >= 0.6 is 12.4 Å². The summed E-state index contributed by atoms with van der Waals surface area (Å²) in [4.78, 5) is 11.0. The number of ether oxygens (including phenoxy) is 1. The third-order valence-corrected chi connectivity index (χ3v) is 2.06. The molecule has 0 radical (unpaired) electrons. The molecule has 14 heavy (non-hydrogen) atoms. The lowest BCUT2D eigenvalue weighted by molar-refractivity contribution is -0.120. The molecule has 0 aromatic carbocycles. The van der Waals surface area contributed by atoms with E-state index in [-0.39, 0.29) is 18.3 Å². The molecule has 0 aromatic heterocycles. The van der Waals surface area contributed by atoms with E-state index >= 15 is 0 Å². The standard InChI is InChI=1S/C9H18N2O2.ClH/c1-2-11-9(12)7-10-6-8-4-3-5-13-8;/h8,10H,2-7H2,1H3,(H,11,12);1H. The van der Waals surface area contributed by atoms with Crippen LogP contribution in [0, 0.1) is 0 Å². The lowest BCUT2D eigenvalue weighted by atomic mass is 10.2. The van der Waals surface area contributed by atoms with Crippen molar-refractivity contribution in [3.05, 3.63) is 0 Å². The summed E-state index contributed by atoms with van der Waals surface area (Å²) in [5.41, 5.74) is 0. The minimum absolute atomic E-state index is 0. The SMILES string of the molecule is CCNC(=O)CNCC1CCCO1.Cl. The third-order valence-electron chi connectivity index (χ3n) is 2.06. The monoisotopic (exact) mass is 222 g/mol. The number of amides is 1. The van der Waals surface area contributed by atoms with E-state index in [0.717, 1.165) is 26.0 Å². The fourth-order valence-electron chi connectivity index (χ4n) is 1.41. The Hall–Kier alpha value is -0.320. The van der Waals surface area contributed by atoms with Gasteiger partial charge in [-0.2, -0.15) is 0 Å². The number of carbonyl (C=O) groups excluding carboxylic acids is 1. The lowest BCUT2D eigenvalue weighted by Crippen LogP contribution is -2.37. The second kappa shape index (κ2) is 8.03. The van der Waals surface area contributed by atoms with Crippen LogP contribution in [-0.4, -0.2) is 38.3 Å². The summed E-state index contributed by atoms with van der Waals surface area (Å²) in [6.45, 7) is 4.66. The molecule has 2 N–H and O–H groups in total. The lowest BCUT2D eigenvalue weighted by Gasteiger charge is -2.09. The molecule has 5 heteroatoms. The maximum Gasteiger partial charge on any atom is 0.233 e. The summed E-state index contributed by atoms with van der Waals surface area (Å²) >= 11 is 0. The zero-order chi connectivity index (χ0) is 9.52. The van der Waals surface area contributed by atoms with Crippen LogP contribution in [0.2, 0.25) is 0 Å². The summed E-state index contributed by atoms with van der Waals surface area (Å²) in [5, 5.41) is 5.80. The Morgan fingerprint density at radius 3 is 2.93 bits per heavy atom. The van der Waals surface area contributed by atoms with Gasteiger partial charge < -0.3 is 15.4 Å². The summed E-state index contributed by atoms with van der Waals surface area (Å²) in [7, 11) is 0. The first-order valence-corrected chi connectivity index (χ1v) is 4.92. The van der Waals surface area contributed by atoms with E-state index in [4.69, 9.17) is 4.74 Å². The number of halogens is 1. The zero-order valence-electron chi connectivity index (χ0n) is 8.54. The van der Waals surface area contributed by atoms with Crippen molar-refractivity contribution in [3.8, 4) is 0 Å². The Morgan fingerprint density at radius 1 is 1.57 bits per heavy atom. The van der Waals surface area contributed by atoms with Crippen molar-refractivity contribution in [2.75, 3.05) is 26.2 Å². The average molecular weight is 223 g/mol. The summed E-state index contributed by atoms with van der Waals surface area (Å²) in [5.74, 6) is 0.0560. The normalized spacial score (nSPS) is 20.2. The molecule has 0 spiro atoms. The molecule has 1 rings (SSSR count). The van der Waals surface area contributed by atoms with Crippen LogP contribution in [0.25, 0.3) is 0 Å². The molecule has 1 amide bonds. The fraction of sp³-hybridized carbons (Fsp3) is 0.889. The van der Waals surface area contributed by atoms with Crippen LogP contribution in [0.4, 0.5) is 0 Å². The van der Waals surface area contributed by atoms with Crippen molar-refractivity contribution < 1.29 is 9.53 Å². The Bertz CT molecular complexity index is 161. The van der Waals surface area contributed by atoms with Crippen molar-refractivity contribution >= 4 is 18.3 Å². The molecule has 1 saturated heterocycles. The van der Waals surface area contributed by atoms with Gasteiger partial charge in [-0.25, -0.2) is 0 Å². The third kappa shape index (κ3) is 5.42. The van der Waals surface area contributed by atoms with Gasteiger partial charge in [-0.15, -0.1) is 12.4 Å². The molecule has 1 unspecified atom stereocenters. The number of hydrogen-bond acceptors (Lipinski definition) is 3. The second-order valence-corrected chi connectivity index (χ2v) is 3.22. The van der Waals surface area contributed by atoms with Gasteiger partial charge in [0, 0.05) is 19.7 Å². The van der Waals surface area contributed by atoms with E-state index in [9.17, 15) is 4.79 Å². The number of likely N-dealkylation sites (N-methyl/N-ethyl adjacent to an activating group) is 1. The number of hydrogen-bond donors (Lipinski definition) is 2. The molecular formula is C9H19ClN2O2. The molecule has 0 aromatic rings. The predicted octanol–water partition coefficient (Wildman–Crippen LogP) is 0.313. The van der Waals surface area contributed by atoms with E-state index in [2.05, 4.69) is 10.6 Å². The zero-order valence-corrected chi connectivity index (χ0v) is 9.36. The van der Waals surface area contributed by atoms with Gasteiger partial charge in [-0.3, -0.25) is 4.79 Å². The maximum atomic E-state index is 11.0. The molecule has 1 aliphatic rings. The first kappa shape index (κ1) is 13.7. The molecule has 0 bridgehead atoms. The Labute approximate surface area is 91.2 Å². The number of nitrogens with one attached hydrogen (secondary N) is 2. The van der Waals surface area contributed by atoms with Gasteiger partial charge in [-0.1, -0.05) is 0 Å². The van der Waals surface area contributed by atoms with Crippen LogP contribution in [0.1, 0.15) is 19.8 Å². The van der Waals surface area contributed by atoms with E-state index in [1.54, 1.807) is 0 Å². The quantitative estimate of drug-likeness (QED) is 0.704. The predicted molar refractivity (Wildman–Crippen MR) is 57.8 cm³/mol. The second-order valence-electron chi connectivity index (χ2n) is 3.22. The van der Waals surface area contributed by atoms with E-state index in [0.29, 0.717) is 19.2 Å². The minimum atomic E-state index is 0. The van der Waals surface area contributed by atoms with Crippen LogP contribution in [-0.2, 0) is 9.53 Å². The van der Waals surface area contributed by atoms with Gasteiger partial charge in [0.2, 0.25) is 5.91 Å². The van der Waals surface area contributed by atoms with Gasteiger partial charge in [0.1, 0.15) is 0 Å². The smallest absolute Gasteiger partial charge is 0.233 e. The van der Waals surface area contributed by atoms with Crippen molar-refractivity contribution in [1.29, 1.82) is 0 Å². The fourth-order valence-corrected chi connectivity index (χ4v) is 1.41. The largest absolute Gasteiger partial charge is 0.377 e. The first-order chi connectivity index (χ1) is 6.33. The highest BCUT2D eigenvalue weighted by Gasteiger charge is 2.14. The van der Waals surface area contributed by atoms with Gasteiger partial charge in [0.05, 0.1) is 12.6 Å². The molecular weight excluding hydrogens is 204 g/mol. The molecule has 1 fully saturated rings. The van der Waals surface area contributed by atoms with Gasteiger partial charge >= 0.3 is 0 Å². The molecule has 1 aliphatic heterocycles. The van der Waals surface area contributed by atoms with Crippen molar-refractivity contribution in [2.24, 2.45) is 0 Å². The molecule has 0 aliphatic carbocycles. The first-order valence-electron chi connectivity index (χ1n) is 4.92. The van der Waals surface area contributed by atoms with Crippen molar-refractivity contribution in [2.45, 2.75) is 25.9 Å². The van der Waals surface area contributed by atoms with Crippen LogP contribution in [0.3, 0.4) is 0 Å². The van der Waals surface area contributed by atoms with E-state index in [1.807, 2.05) is 6.92 Å². The maximum absolute atomic E-state index is 11.0. The minimum Gasteiger partial charge on any atom is -0.377 e. The summed E-state index contributed by atoms with van der Waals surface area (Å²) < 4.78 is 5.40. The number of carbonyl (C=O) groups is 1. The molecule has 1 heterocycles. The Balaban J connectivity index is 0.00000169. The van der Waals surface area contributed by atoms with E-state index in [1.165, 1.54) is 0 Å². The van der Waals surface area contributed by atoms with Crippen LogP contribution in [0.5, 0.6) is 0 Å². The van der Waals surface area contributed by atoms with Crippen LogP contribution in [0.15, 0.2) is 0 Å². The average Bonchev–Trinajstić information content (AvgIpc) is 2.57. The Morgan fingerprint density at radius 2 is 2.36 bits per heavy atom. The molecule has 1 atom stereocenters. The molecule has 84 valence electrons. The highest BCUT2D eigenvalue weighted by Crippen LogP contribution is 2.10. The Kier molecular flexibility index (Phi) is 7.84. The number of rotatable bonds is 5. The molecule has 4 nitrogen and oxygen atoms in total. The highest BCUT2D eigenvalue weighted by atomic mass is 35.5. The van der Waals surface area contributed by atoms with Crippen molar-refractivity contribution in [3.63, 3.8) is 0 Å². The van der Waals surface area contributed by atoms with Gasteiger partial charge in [-0.05, 0) is 19.8 Å². The summed E-state index contributed by atoms with van der Waals surface area (Å²) in [6, 6.07) is 0. The van der Waals surface area contributed by atoms with Crippen molar-refractivity contribution in [1.82, 2.24) is 10.6 Å². The highest BCUT2D eigenvalue weighted by molar-refractivity contribution is 5.85.